The van der Waals surface area contributed by atoms with E-state index in [1.165, 1.54) is 0 Å². The summed E-state index contributed by atoms with van der Waals surface area (Å²) in [5.74, 6) is 1.21. The molecule has 2 aliphatic heterocycles. The van der Waals surface area contributed by atoms with E-state index >= 15 is 0 Å². The van der Waals surface area contributed by atoms with Gasteiger partial charge in [0.1, 0.15) is 0 Å². The number of urea groups is 1. The summed E-state index contributed by atoms with van der Waals surface area (Å²) in [6.45, 7) is 2.17. The van der Waals surface area contributed by atoms with Crippen molar-refractivity contribution in [3.8, 4) is 5.75 Å². The third-order valence-electron chi connectivity index (χ3n) is 5.79. The first-order valence-corrected chi connectivity index (χ1v) is 10.5. The molecule has 1 aromatic carbocycles. The first-order chi connectivity index (χ1) is 15.4. The zero-order valence-corrected chi connectivity index (χ0v) is 17.8. The Kier molecular flexibility index (Phi) is 8.32. The van der Waals surface area contributed by atoms with Crippen molar-refractivity contribution in [3.63, 3.8) is 0 Å². The van der Waals surface area contributed by atoms with Crippen molar-refractivity contribution in [2.75, 3.05) is 33.1 Å². The fourth-order valence-corrected chi connectivity index (χ4v) is 4.20. The van der Waals surface area contributed by atoms with Gasteiger partial charge in [0.15, 0.2) is 11.6 Å². The number of carbonyl (C=O) groups is 1. The van der Waals surface area contributed by atoms with Crippen molar-refractivity contribution in [2.45, 2.75) is 44.1 Å². The second kappa shape index (κ2) is 11.2. The molecular weight excluding hydrogens is 429 g/mol. The molecule has 2 unspecified atom stereocenters. The van der Waals surface area contributed by atoms with Crippen LogP contribution in [-0.2, 0) is 0 Å². The molecule has 8 nitrogen and oxygen atoms in total. The summed E-state index contributed by atoms with van der Waals surface area (Å²) in [5.41, 5.74) is 0.999. The van der Waals surface area contributed by atoms with Crippen LogP contribution in [0.3, 0.4) is 0 Å². The topological polar surface area (TPSA) is 91.9 Å². The van der Waals surface area contributed by atoms with Crippen molar-refractivity contribution in [1.82, 2.24) is 19.9 Å². The van der Waals surface area contributed by atoms with Gasteiger partial charge in [-0.05, 0) is 43.9 Å². The molecule has 4 rings (SSSR count). The van der Waals surface area contributed by atoms with Crippen molar-refractivity contribution in [2.24, 2.45) is 0 Å². The number of likely N-dealkylation sites (tertiary alicyclic amines) is 2. The maximum Gasteiger partial charge on any atom is 0.320 e. The normalized spacial score (nSPS) is 21.7. The number of halogens is 3. The fraction of sp³-hybridized carbons (Fsp3) is 0.571. The van der Waals surface area contributed by atoms with Gasteiger partial charge in [-0.15, -0.1) is 0 Å². The minimum absolute atomic E-state index is 0.0356. The van der Waals surface area contributed by atoms with Gasteiger partial charge in [-0.1, -0.05) is 17.3 Å². The van der Waals surface area contributed by atoms with Crippen LogP contribution in [0.4, 0.5) is 18.1 Å². The summed E-state index contributed by atoms with van der Waals surface area (Å²) in [6.07, 6.45) is 1.61. The number of aliphatic hydroxyl groups is 1. The van der Waals surface area contributed by atoms with Crippen molar-refractivity contribution >= 4 is 6.03 Å². The molecule has 1 aromatic heterocycles. The van der Waals surface area contributed by atoms with E-state index < -0.39 is 6.93 Å². The molecule has 2 amide bonds. The number of hydrogen-bond donors (Lipinski definition) is 1. The number of alkyl halides is 2. The molecule has 176 valence electrons. The van der Waals surface area contributed by atoms with Crippen LogP contribution >= 0.6 is 0 Å². The van der Waals surface area contributed by atoms with Gasteiger partial charge >= 0.3 is 6.03 Å². The monoisotopic (exact) mass is 456 g/mol. The zero-order chi connectivity index (χ0) is 23.1. The molecule has 11 heteroatoms. The van der Waals surface area contributed by atoms with Gasteiger partial charge in [-0.25, -0.2) is 13.6 Å². The van der Waals surface area contributed by atoms with E-state index in [2.05, 4.69) is 15.1 Å². The molecule has 2 saturated heterocycles. The zero-order valence-electron chi connectivity index (χ0n) is 17.8. The Balaban J connectivity index is 0.000000913. The molecular formula is C21H27F3N4O4. The van der Waals surface area contributed by atoms with Crippen LogP contribution in [0, 0.1) is 6.92 Å². The molecule has 0 aliphatic carbocycles. The standard InChI is InChI=1S/C20H25FN4O4.CH2F2/c1-13-22-19(29-23-13)16-10-15(14-2-4-18(28-21)5-3-14)11-25(12-16)20(27)24-8-6-17(26)7-9-24;2-1-3/h2-5,15-17,26H,6-12H2,1H3;1H2. The number of nitrogens with zero attached hydrogens (tertiary/aromatic N) is 4. The number of piperidine rings is 2. The first-order valence-electron chi connectivity index (χ1n) is 10.5. The van der Waals surface area contributed by atoms with Crippen LogP contribution < -0.4 is 4.94 Å². The maximum atomic E-state index is 13.2. The highest BCUT2D eigenvalue weighted by molar-refractivity contribution is 5.75. The van der Waals surface area contributed by atoms with E-state index in [4.69, 9.17) is 4.52 Å². The molecule has 0 spiro atoms. The fourth-order valence-electron chi connectivity index (χ4n) is 4.20. The van der Waals surface area contributed by atoms with Crippen LogP contribution in [0.5, 0.6) is 5.75 Å². The van der Waals surface area contributed by atoms with Gasteiger partial charge in [0, 0.05) is 36.6 Å². The van der Waals surface area contributed by atoms with Crippen LogP contribution in [0.25, 0.3) is 0 Å². The van der Waals surface area contributed by atoms with Gasteiger partial charge in [-0.2, -0.15) is 4.98 Å². The Hall–Kier alpha value is -2.82. The van der Waals surface area contributed by atoms with E-state index in [0.717, 1.165) is 12.0 Å². The van der Waals surface area contributed by atoms with Crippen LogP contribution in [0.2, 0.25) is 0 Å². The van der Waals surface area contributed by atoms with Gasteiger partial charge in [-0.3, -0.25) is 4.94 Å². The van der Waals surface area contributed by atoms with Crippen LogP contribution in [0.15, 0.2) is 28.8 Å². The SMILES string of the molecule is Cc1noc(C2CC(c3ccc(OF)cc3)CN(C(=O)N3CCC(O)CC3)C2)n1.FCF. The Bertz CT molecular complexity index is 859. The number of rotatable bonds is 3. The highest BCUT2D eigenvalue weighted by Crippen LogP contribution is 2.36. The minimum atomic E-state index is -1.75. The van der Waals surface area contributed by atoms with Gasteiger partial charge < -0.3 is 19.4 Å². The lowest BCUT2D eigenvalue weighted by Crippen LogP contribution is -2.51. The third kappa shape index (κ3) is 5.90. The number of amides is 2. The molecule has 1 N–H and O–H groups in total. The third-order valence-corrected chi connectivity index (χ3v) is 5.79. The van der Waals surface area contributed by atoms with E-state index in [9.17, 15) is 23.2 Å². The van der Waals surface area contributed by atoms with Crippen molar-refractivity contribution < 1.29 is 32.7 Å². The maximum absolute atomic E-state index is 13.2. The van der Waals surface area contributed by atoms with Crippen molar-refractivity contribution in [1.29, 1.82) is 0 Å². The molecule has 2 fully saturated rings. The molecule has 2 aliphatic rings. The molecule has 0 saturated carbocycles. The average Bonchev–Trinajstić information content (AvgIpc) is 3.26. The summed E-state index contributed by atoms with van der Waals surface area (Å²) in [6, 6.07) is 6.76. The lowest BCUT2D eigenvalue weighted by atomic mass is 9.84. The minimum Gasteiger partial charge on any atom is -0.393 e. The van der Waals surface area contributed by atoms with Crippen molar-refractivity contribution in [3.05, 3.63) is 41.5 Å². The molecule has 2 atom stereocenters. The Morgan fingerprint density at radius 2 is 1.78 bits per heavy atom. The largest absolute Gasteiger partial charge is 0.393 e. The second-order valence-electron chi connectivity index (χ2n) is 7.96. The molecule has 0 radical (unpaired) electrons. The van der Waals surface area contributed by atoms with Gasteiger partial charge in [0.25, 0.3) is 0 Å². The number of aryl methyl sites for hydroxylation is 1. The Morgan fingerprint density at radius 3 is 2.34 bits per heavy atom. The number of aromatic nitrogens is 2. The van der Waals surface area contributed by atoms with Crippen LogP contribution in [-0.4, -0.2) is 70.3 Å². The second-order valence-corrected chi connectivity index (χ2v) is 7.96. The van der Waals surface area contributed by atoms with E-state index in [-0.39, 0.29) is 29.7 Å². The van der Waals surface area contributed by atoms with Crippen LogP contribution in [0.1, 0.15) is 48.4 Å². The number of hydrogen-bond acceptors (Lipinski definition) is 6. The molecule has 32 heavy (non-hydrogen) atoms. The van der Waals surface area contributed by atoms with E-state index in [1.807, 2.05) is 17.0 Å². The highest BCUT2D eigenvalue weighted by Gasteiger charge is 2.36. The first kappa shape index (κ1) is 23.8. The number of benzene rings is 1. The molecule has 3 heterocycles. The quantitative estimate of drug-likeness (QED) is 0.758. The van der Waals surface area contributed by atoms with Gasteiger partial charge in [0.05, 0.1) is 12.0 Å². The van der Waals surface area contributed by atoms with E-state index in [0.29, 0.717) is 50.7 Å². The predicted octanol–water partition coefficient (Wildman–Crippen LogP) is 3.67. The highest BCUT2D eigenvalue weighted by atomic mass is 19.3. The summed E-state index contributed by atoms with van der Waals surface area (Å²) in [4.78, 5) is 24.9. The lowest BCUT2D eigenvalue weighted by Gasteiger charge is -2.40. The smallest absolute Gasteiger partial charge is 0.320 e. The summed E-state index contributed by atoms with van der Waals surface area (Å²) in [7, 11) is 0. The lowest BCUT2D eigenvalue weighted by molar-refractivity contribution is -0.00623. The average molecular weight is 456 g/mol. The van der Waals surface area contributed by atoms with Gasteiger partial charge in [0.2, 0.25) is 12.8 Å². The summed E-state index contributed by atoms with van der Waals surface area (Å²) >= 11 is 0. The number of carbonyl (C=O) groups excluding carboxylic acids is 1. The molecule has 0 bridgehead atoms. The predicted molar refractivity (Wildman–Crippen MR) is 108 cm³/mol. The molecule has 2 aromatic rings. The summed E-state index contributed by atoms with van der Waals surface area (Å²) in [5, 5.41) is 13.6. The number of aliphatic hydroxyl groups excluding tert-OH is 1. The Morgan fingerprint density at radius 1 is 1.16 bits per heavy atom. The van der Waals surface area contributed by atoms with E-state index in [1.54, 1.807) is 24.0 Å². The summed E-state index contributed by atoms with van der Waals surface area (Å²) < 4.78 is 37.0. The Labute approximate surface area is 183 Å².